The highest BCUT2D eigenvalue weighted by Crippen LogP contribution is 2.20. The van der Waals surface area contributed by atoms with Crippen molar-refractivity contribution < 1.29 is 0 Å². The molecule has 2 N–H and O–H groups in total. The van der Waals surface area contributed by atoms with Crippen LogP contribution in [0.2, 0.25) is 5.02 Å². The van der Waals surface area contributed by atoms with Crippen LogP contribution in [-0.4, -0.2) is 16.1 Å². The first-order valence-electron chi connectivity index (χ1n) is 5.53. The van der Waals surface area contributed by atoms with Crippen molar-refractivity contribution in [2.75, 3.05) is 6.54 Å². The van der Waals surface area contributed by atoms with Gasteiger partial charge in [0.05, 0.1) is 11.0 Å². The molecule has 0 aliphatic heterocycles. The molecule has 2 aromatic rings. The van der Waals surface area contributed by atoms with Crippen LogP contribution < -0.4 is 5.73 Å². The molecule has 0 unspecified atom stereocenters. The van der Waals surface area contributed by atoms with Gasteiger partial charge in [-0.3, -0.25) is 0 Å². The molecule has 86 valence electrons. The number of rotatable bonds is 4. The third kappa shape index (κ3) is 2.20. The first-order valence-corrected chi connectivity index (χ1v) is 5.91. The number of hydrogen-bond acceptors (Lipinski definition) is 2. The van der Waals surface area contributed by atoms with Gasteiger partial charge in [-0.05, 0) is 37.6 Å². The minimum absolute atomic E-state index is 0.735. The zero-order valence-corrected chi connectivity index (χ0v) is 10.2. The van der Waals surface area contributed by atoms with Crippen molar-refractivity contribution in [1.29, 1.82) is 0 Å². The fourth-order valence-corrected chi connectivity index (χ4v) is 2.04. The molecule has 2 rings (SSSR count). The van der Waals surface area contributed by atoms with Gasteiger partial charge in [0.2, 0.25) is 0 Å². The second-order valence-corrected chi connectivity index (χ2v) is 4.40. The van der Waals surface area contributed by atoms with E-state index in [0.29, 0.717) is 0 Å². The van der Waals surface area contributed by atoms with E-state index in [2.05, 4.69) is 9.55 Å². The summed E-state index contributed by atoms with van der Waals surface area (Å²) in [6, 6.07) is 5.82. The van der Waals surface area contributed by atoms with Gasteiger partial charge in [0.1, 0.15) is 5.82 Å². The molecule has 0 fully saturated rings. The third-order valence-electron chi connectivity index (χ3n) is 2.79. The summed E-state index contributed by atoms with van der Waals surface area (Å²) in [6.07, 6.45) is 3.10. The summed E-state index contributed by atoms with van der Waals surface area (Å²) >= 11 is 5.94. The van der Waals surface area contributed by atoms with Gasteiger partial charge in [0.15, 0.2) is 0 Å². The summed E-state index contributed by atoms with van der Waals surface area (Å²) < 4.78 is 2.13. The van der Waals surface area contributed by atoms with Gasteiger partial charge in [-0.25, -0.2) is 4.98 Å². The van der Waals surface area contributed by atoms with Gasteiger partial charge in [0.25, 0.3) is 0 Å². The summed E-state index contributed by atoms with van der Waals surface area (Å²) in [5.41, 5.74) is 7.58. The number of fused-ring (bicyclic) bond motifs is 1. The molecule has 1 aromatic carbocycles. The molecule has 0 saturated carbocycles. The Morgan fingerprint density at radius 2 is 2.19 bits per heavy atom. The first-order chi connectivity index (χ1) is 7.72. The van der Waals surface area contributed by atoms with Gasteiger partial charge in [-0.15, -0.1) is 0 Å². The molecule has 0 bridgehead atoms. The predicted octanol–water partition coefficient (Wildman–Crippen LogP) is 2.51. The summed E-state index contributed by atoms with van der Waals surface area (Å²) in [5, 5.41) is 0.735. The average Bonchev–Trinajstić information content (AvgIpc) is 2.56. The third-order valence-corrected chi connectivity index (χ3v) is 3.03. The molecule has 0 amide bonds. The first kappa shape index (κ1) is 11.4. The van der Waals surface area contributed by atoms with Crippen LogP contribution in [0, 0.1) is 0 Å². The van der Waals surface area contributed by atoms with Crippen LogP contribution in [0.15, 0.2) is 18.2 Å². The molecule has 0 radical (unpaired) electrons. The minimum Gasteiger partial charge on any atom is -0.331 e. The number of benzene rings is 1. The largest absolute Gasteiger partial charge is 0.331 e. The lowest BCUT2D eigenvalue weighted by Gasteiger charge is -2.01. The maximum absolute atomic E-state index is 5.94. The number of hydrogen-bond donors (Lipinski definition) is 1. The SMILES string of the molecule is Cn1c(CCCCN)nc2cc(Cl)ccc21. The van der Waals surface area contributed by atoms with E-state index in [9.17, 15) is 0 Å². The highest BCUT2D eigenvalue weighted by Gasteiger charge is 2.07. The maximum atomic E-state index is 5.94. The van der Waals surface area contributed by atoms with Crippen molar-refractivity contribution in [3.8, 4) is 0 Å². The van der Waals surface area contributed by atoms with Gasteiger partial charge >= 0.3 is 0 Å². The van der Waals surface area contributed by atoms with Crippen molar-refractivity contribution in [3.05, 3.63) is 29.0 Å². The summed E-state index contributed by atoms with van der Waals surface area (Å²) in [4.78, 5) is 4.58. The summed E-state index contributed by atoms with van der Waals surface area (Å²) in [6.45, 7) is 0.746. The van der Waals surface area contributed by atoms with E-state index < -0.39 is 0 Å². The molecule has 0 atom stereocenters. The highest BCUT2D eigenvalue weighted by molar-refractivity contribution is 6.31. The molecular formula is C12H16ClN3. The molecule has 1 heterocycles. The monoisotopic (exact) mass is 237 g/mol. The van der Waals surface area contributed by atoms with Crippen molar-refractivity contribution in [2.45, 2.75) is 19.3 Å². The summed E-state index contributed by atoms with van der Waals surface area (Å²) in [5.74, 6) is 1.10. The Bertz CT molecular complexity index is 490. The van der Waals surface area contributed by atoms with Gasteiger partial charge in [-0.1, -0.05) is 11.6 Å². The Labute approximate surface area is 100 Å². The number of imidazole rings is 1. The second-order valence-electron chi connectivity index (χ2n) is 3.97. The molecule has 0 saturated heterocycles. The maximum Gasteiger partial charge on any atom is 0.109 e. The van der Waals surface area contributed by atoms with Gasteiger partial charge in [-0.2, -0.15) is 0 Å². The molecule has 1 aromatic heterocycles. The van der Waals surface area contributed by atoms with Crippen molar-refractivity contribution >= 4 is 22.6 Å². The van der Waals surface area contributed by atoms with E-state index in [4.69, 9.17) is 17.3 Å². The van der Waals surface area contributed by atoms with Crippen LogP contribution in [0.5, 0.6) is 0 Å². The number of nitrogens with two attached hydrogens (primary N) is 1. The zero-order chi connectivity index (χ0) is 11.5. The number of aromatic nitrogens is 2. The molecule has 3 nitrogen and oxygen atoms in total. The minimum atomic E-state index is 0.735. The lowest BCUT2D eigenvalue weighted by Crippen LogP contribution is -2.02. The van der Waals surface area contributed by atoms with E-state index in [1.165, 1.54) is 0 Å². The van der Waals surface area contributed by atoms with Crippen LogP contribution in [0.25, 0.3) is 11.0 Å². The zero-order valence-electron chi connectivity index (χ0n) is 9.41. The molecule has 0 aliphatic carbocycles. The Kier molecular flexibility index (Phi) is 3.46. The molecule has 16 heavy (non-hydrogen) atoms. The van der Waals surface area contributed by atoms with Crippen molar-refractivity contribution in [2.24, 2.45) is 12.8 Å². The Balaban J connectivity index is 2.29. The van der Waals surface area contributed by atoms with E-state index in [1.807, 2.05) is 25.2 Å². The number of nitrogens with zero attached hydrogens (tertiary/aromatic N) is 2. The van der Waals surface area contributed by atoms with E-state index in [-0.39, 0.29) is 0 Å². The normalized spacial score (nSPS) is 11.2. The smallest absolute Gasteiger partial charge is 0.109 e. The highest BCUT2D eigenvalue weighted by atomic mass is 35.5. The average molecular weight is 238 g/mol. The standard InChI is InChI=1S/C12H16ClN3/c1-16-11-6-5-9(13)8-10(11)15-12(16)4-2-3-7-14/h5-6,8H,2-4,7,14H2,1H3. The number of halogens is 1. The van der Waals surface area contributed by atoms with Crippen LogP contribution in [0.4, 0.5) is 0 Å². The second kappa shape index (κ2) is 4.85. The number of aryl methyl sites for hydroxylation is 2. The van der Waals surface area contributed by atoms with Crippen molar-refractivity contribution in [1.82, 2.24) is 9.55 Å². The molecule has 0 aliphatic rings. The van der Waals surface area contributed by atoms with E-state index >= 15 is 0 Å². The van der Waals surface area contributed by atoms with Crippen LogP contribution in [-0.2, 0) is 13.5 Å². The quantitative estimate of drug-likeness (QED) is 0.831. The molecule has 0 spiro atoms. The van der Waals surface area contributed by atoms with Gasteiger partial charge in [0, 0.05) is 18.5 Å². The fraction of sp³-hybridized carbons (Fsp3) is 0.417. The lowest BCUT2D eigenvalue weighted by atomic mass is 10.2. The Morgan fingerprint density at radius 1 is 1.38 bits per heavy atom. The van der Waals surface area contributed by atoms with E-state index in [1.54, 1.807) is 0 Å². The lowest BCUT2D eigenvalue weighted by molar-refractivity contribution is 0.694. The molecular weight excluding hydrogens is 222 g/mol. The fourth-order valence-electron chi connectivity index (χ4n) is 1.87. The van der Waals surface area contributed by atoms with Crippen LogP contribution in [0.1, 0.15) is 18.7 Å². The number of unbranched alkanes of at least 4 members (excludes halogenated alkanes) is 1. The summed E-state index contributed by atoms with van der Waals surface area (Å²) in [7, 11) is 2.04. The van der Waals surface area contributed by atoms with Gasteiger partial charge < -0.3 is 10.3 Å². The topological polar surface area (TPSA) is 43.8 Å². The van der Waals surface area contributed by atoms with Crippen LogP contribution >= 0.6 is 11.6 Å². The Hall–Kier alpha value is -1.06. The van der Waals surface area contributed by atoms with E-state index in [0.717, 1.165) is 47.7 Å². The van der Waals surface area contributed by atoms with Crippen molar-refractivity contribution in [3.63, 3.8) is 0 Å². The predicted molar refractivity (Wildman–Crippen MR) is 67.7 cm³/mol. The Morgan fingerprint density at radius 3 is 2.94 bits per heavy atom. The van der Waals surface area contributed by atoms with Crippen LogP contribution in [0.3, 0.4) is 0 Å². The molecule has 4 heteroatoms.